The monoisotopic (exact) mass is 478 g/mol. The lowest BCUT2D eigenvalue weighted by molar-refractivity contribution is -0.138. The Morgan fingerprint density at radius 3 is 2.54 bits per heavy atom. The van der Waals surface area contributed by atoms with Gasteiger partial charge >= 0.3 is 6.18 Å². The Morgan fingerprint density at radius 2 is 1.92 bits per heavy atom. The predicted molar refractivity (Wildman–Crippen MR) is 94.8 cm³/mol. The molecular formula is C18H11F4IO3. The lowest BCUT2D eigenvalue weighted by atomic mass is 9.97. The molecule has 0 atom stereocenters. The van der Waals surface area contributed by atoms with Crippen molar-refractivity contribution in [1.82, 2.24) is 0 Å². The normalized spacial score (nSPS) is 11.9. The number of carbonyl (C=O) groups is 1. The van der Waals surface area contributed by atoms with Crippen LogP contribution in [0.2, 0.25) is 0 Å². The summed E-state index contributed by atoms with van der Waals surface area (Å²) in [5.74, 6) is -2.00. The number of rotatable bonds is 3. The number of aromatic hydroxyl groups is 1. The molecule has 0 saturated carbocycles. The summed E-state index contributed by atoms with van der Waals surface area (Å²) >= 11 is 1.52. The van der Waals surface area contributed by atoms with E-state index in [1.807, 2.05) is 0 Å². The number of aryl methyl sites for hydroxylation is 1. The van der Waals surface area contributed by atoms with Crippen LogP contribution >= 0.6 is 22.6 Å². The highest BCUT2D eigenvalue weighted by Crippen LogP contribution is 2.40. The molecule has 136 valence electrons. The van der Waals surface area contributed by atoms with Crippen LogP contribution in [-0.4, -0.2) is 10.9 Å². The molecule has 0 spiro atoms. The van der Waals surface area contributed by atoms with Gasteiger partial charge in [0.15, 0.2) is 5.78 Å². The number of benzene rings is 2. The molecule has 2 aromatic carbocycles. The number of furan rings is 1. The Hall–Kier alpha value is -2.10. The zero-order chi connectivity index (χ0) is 19.2. The van der Waals surface area contributed by atoms with Crippen molar-refractivity contribution in [3.8, 4) is 5.75 Å². The molecule has 0 unspecified atom stereocenters. The van der Waals surface area contributed by atoms with Crippen LogP contribution in [0.25, 0.3) is 11.0 Å². The second kappa shape index (κ2) is 6.57. The Labute approximate surface area is 158 Å². The standard InChI is InChI=1S/C18H11F4IO3/c1-2-13-15(10-7-9(19)3-4-14(10)26-13)16(24)8-5-11(18(20,21)22)17(25)12(23)6-8/h3-7,25H,2H2,1H3. The second-order valence-electron chi connectivity index (χ2n) is 5.58. The number of phenolic OH excluding ortho intramolecular Hbond substituents is 1. The fraction of sp³-hybridized carbons (Fsp3) is 0.167. The summed E-state index contributed by atoms with van der Waals surface area (Å²) < 4.78 is 58.4. The van der Waals surface area contributed by atoms with Gasteiger partial charge in [0.05, 0.1) is 14.7 Å². The van der Waals surface area contributed by atoms with Gasteiger partial charge in [-0.1, -0.05) is 6.92 Å². The summed E-state index contributed by atoms with van der Waals surface area (Å²) in [4.78, 5) is 12.9. The number of hydrogen-bond acceptors (Lipinski definition) is 3. The third-order valence-corrected chi connectivity index (χ3v) is 4.72. The Balaban J connectivity index is 2.24. The third kappa shape index (κ3) is 3.17. The summed E-state index contributed by atoms with van der Waals surface area (Å²) in [6.45, 7) is 1.71. The van der Waals surface area contributed by atoms with Crippen molar-refractivity contribution < 1.29 is 31.9 Å². The van der Waals surface area contributed by atoms with Gasteiger partial charge < -0.3 is 9.52 Å². The van der Waals surface area contributed by atoms with Gasteiger partial charge in [0.1, 0.15) is 22.9 Å². The minimum atomic E-state index is -4.82. The molecule has 0 aliphatic carbocycles. The first-order chi connectivity index (χ1) is 12.1. The van der Waals surface area contributed by atoms with Crippen molar-refractivity contribution in [2.75, 3.05) is 0 Å². The minimum Gasteiger partial charge on any atom is -0.506 e. The molecular weight excluding hydrogens is 467 g/mol. The van der Waals surface area contributed by atoms with Crippen molar-refractivity contribution in [2.24, 2.45) is 0 Å². The molecule has 0 fully saturated rings. The lowest BCUT2D eigenvalue weighted by Crippen LogP contribution is -2.10. The van der Waals surface area contributed by atoms with Gasteiger partial charge in [0.2, 0.25) is 0 Å². The number of hydrogen-bond donors (Lipinski definition) is 1. The maximum Gasteiger partial charge on any atom is 0.420 e. The van der Waals surface area contributed by atoms with Crippen LogP contribution in [0.15, 0.2) is 34.7 Å². The number of carbonyl (C=O) groups excluding carboxylic acids is 1. The SMILES string of the molecule is CCc1oc2ccc(F)cc2c1C(=O)c1cc(I)c(O)c(C(F)(F)F)c1. The predicted octanol–water partition coefficient (Wildman–Crippen LogP) is 5.69. The quantitative estimate of drug-likeness (QED) is 0.299. The number of halogens is 5. The summed E-state index contributed by atoms with van der Waals surface area (Å²) in [7, 11) is 0. The molecule has 3 aromatic rings. The van der Waals surface area contributed by atoms with Crippen molar-refractivity contribution in [1.29, 1.82) is 0 Å². The van der Waals surface area contributed by atoms with Crippen molar-refractivity contribution in [2.45, 2.75) is 19.5 Å². The largest absolute Gasteiger partial charge is 0.506 e. The van der Waals surface area contributed by atoms with E-state index in [9.17, 15) is 27.5 Å². The van der Waals surface area contributed by atoms with E-state index in [4.69, 9.17) is 4.42 Å². The van der Waals surface area contributed by atoms with Crippen LogP contribution in [0.4, 0.5) is 17.6 Å². The number of phenols is 1. The van der Waals surface area contributed by atoms with Crippen LogP contribution in [-0.2, 0) is 12.6 Å². The van der Waals surface area contributed by atoms with E-state index in [1.54, 1.807) is 6.92 Å². The summed E-state index contributed by atoms with van der Waals surface area (Å²) in [6.07, 6.45) is -4.52. The summed E-state index contributed by atoms with van der Waals surface area (Å²) in [5, 5.41) is 9.87. The highest BCUT2D eigenvalue weighted by molar-refractivity contribution is 14.1. The lowest BCUT2D eigenvalue weighted by Gasteiger charge is -2.12. The molecule has 0 saturated heterocycles. The molecule has 26 heavy (non-hydrogen) atoms. The van der Waals surface area contributed by atoms with Crippen molar-refractivity contribution in [3.05, 3.63) is 62.2 Å². The molecule has 8 heteroatoms. The van der Waals surface area contributed by atoms with E-state index < -0.39 is 29.1 Å². The van der Waals surface area contributed by atoms with E-state index in [1.165, 1.54) is 34.7 Å². The molecule has 0 aliphatic heterocycles. The topological polar surface area (TPSA) is 50.4 Å². The van der Waals surface area contributed by atoms with Gasteiger partial charge in [-0.15, -0.1) is 0 Å². The van der Waals surface area contributed by atoms with Crippen molar-refractivity contribution in [3.63, 3.8) is 0 Å². The van der Waals surface area contributed by atoms with Gasteiger partial charge in [-0.3, -0.25) is 4.79 Å². The Morgan fingerprint density at radius 1 is 1.23 bits per heavy atom. The van der Waals surface area contributed by atoms with Crippen LogP contribution < -0.4 is 0 Å². The Kier molecular flexibility index (Phi) is 4.72. The molecule has 0 bridgehead atoms. The van der Waals surface area contributed by atoms with E-state index in [2.05, 4.69) is 0 Å². The number of ketones is 1. The van der Waals surface area contributed by atoms with Crippen LogP contribution in [0.3, 0.4) is 0 Å². The summed E-state index contributed by atoms with van der Waals surface area (Å²) in [5.41, 5.74) is -1.27. The fourth-order valence-corrected chi connectivity index (χ4v) is 3.34. The highest BCUT2D eigenvalue weighted by Gasteiger charge is 2.36. The van der Waals surface area contributed by atoms with Gasteiger partial charge in [0.25, 0.3) is 0 Å². The maximum atomic E-state index is 13.6. The molecule has 0 aliphatic rings. The molecule has 0 amide bonds. The second-order valence-corrected chi connectivity index (χ2v) is 6.74. The van der Waals surface area contributed by atoms with Crippen LogP contribution in [0, 0.1) is 9.39 Å². The summed E-state index contributed by atoms with van der Waals surface area (Å²) in [6, 6.07) is 5.40. The van der Waals surface area contributed by atoms with Gasteiger partial charge in [0, 0.05) is 17.4 Å². The molecule has 0 radical (unpaired) electrons. The zero-order valence-electron chi connectivity index (χ0n) is 13.2. The Bertz CT molecular complexity index is 1020. The first-order valence-corrected chi connectivity index (χ1v) is 8.56. The molecule has 3 rings (SSSR count). The maximum absolute atomic E-state index is 13.6. The first kappa shape index (κ1) is 18.7. The molecule has 1 N–H and O–H groups in total. The first-order valence-electron chi connectivity index (χ1n) is 7.48. The van der Waals surface area contributed by atoms with E-state index in [-0.39, 0.29) is 31.4 Å². The fourth-order valence-electron chi connectivity index (χ4n) is 2.71. The van der Waals surface area contributed by atoms with Gasteiger partial charge in [-0.25, -0.2) is 4.39 Å². The average molecular weight is 478 g/mol. The van der Waals surface area contributed by atoms with Crippen LogP contribution in [0.1, 0.15) is 34.2 Å². The van der Waals surface area contributed by atoms with Crippen LogP contribution in [0.5, 0.6) is 5.75 Å². The highest BCUT2D eigenvalue weighted by atomic mass is 127. The number of fused-ring (bicyclic) bond motifs is 1. The van der Waals surface area contributed by atoms with Gasteiger partial charge in [-0.05, 0) is 52.9 Å². The minimum absolute atomic E-state index is 0.0246. The van der Waals surface area contributed by atoms with Gasteiger partial charge in [-0.2, -0.15) is 13.2 Å². The van der Waals surface area contributed by atoms with Crippen molar-refractivity contribution >= 4 is 39.3 Å². The van der Waals surface area contributed by atoms with E-state index in [0.29, 0.717) is 12.5 Å². The third-order valence-electron chi connectivity index (χ3n) is 3.90. The smallest absolute Gasteiger partial charge is 0.420 e. The van der Waals surface area contributed by atoms with E-state index >= 15 is 0 Å². The molecule has 1 heterocycles. The zero-order valence-corrected chi connectivity index (χ0v) is 15.4. The molecule has 3 nitrogen and oxygen atoms in total. The number of alkyl halides is 3. The van der Waals surface area contributed by atoms with E-state index in [0.717, 1.165) is 12.1 Å². The molecule has 1 aromatic heterocycles. The average Bonchev–Trinajstić information content (AvgIpc) is 2.93.